The largest absolute Gasteiger partial charge is 0.451 e. The van der Waals surface area contributed by atoms with Crippen LogP contribution in [0.25, 0.3) is 0 Å². The fourth-order valence-corrected chi connectivity index (χ4v) is 7.58. The molecule has 2 fully saturated rings. The van der Waals surface area contributed by atoms with Crippen molar-refractivity contribution in [2.75, 3.05) is 12.3 Å². The number of thioether (sulfide) groups is 2. The molecule has 1 unspecified atom stereocenters. The van der Waals surface area contributed by atoms with E-state index in [0.717, 1.165) is 20.5 Å². The quantitative estimate of drug-likeness (QED) is 0.346. The van der Waals surface area contributed by atoms with Gasteiger partial charge >= 0.3 is 5.97 Å². The predicted molar refractivity (Wildman–Crippen MR) is 139 cm³/mol. The third kappa shape index (κ3) is 4.40. The monoisotopic (exact) mass is 554 g/mol. The highest BCUT2D eigenvalue weighted by molar-refractivity contribution is 9.10. The van der Waals surface area contributed by atoms with Crippen molar-refractivity contribution in [2.24, 2.45) is 5.73 Å². The van der Waals surface area contributed by atoms with Crippen LogP contribution in [0.4, 0.5) is 0 Å². The highest BCUT2D eigenvalue weighted by Crippen LogP contribution is 2.48. The molecule has 5 rings (SSSR count). The van der Waals surface area contributed by atoms with Crippen molar-refractivity contribution in [1.29, 1.82) is 0 Å². The van der Waals surface area contributed by atoms with E-state index < -0.39 is 16.9 Å². The number of ether oxygens (including phenoxy) is 1. The van der Waals surface area contributed by atoms with E-state index in [-0.39, 0.29) is 23.8 Å². The topological polar surface area (TPSA) is 72.6 Å². The molecular weight excluding hydrogens is 532 g/mol. The summed E-state index contributed by atoms with van der Waals surface area (Å²) in [7, 11) is 0. The van der Waals surface area contributed by atoms with Gasteiger partial charge in [0, 0.05) is 21.7 Å². The minimum absolute atomic E-state index is 0.0905. The van der Waals surface area contributed by atoms with Crippen molar-refractivity contribution >= 4 is 51.3 Å². The lowest BCUT2D eigenvalue weighted by Crippen LogP contribution is -2.73. The zero-order valence-electron chi connectivity index (χ0n) is 18.2. The van der Waals surface area contributed by atoms with Gasteiger partial charge in [-0.1, -0.05) is 72.8 Å². The minimum atomic E-state index is -0.970. The Hall–Kier alpha value is -2.26. The van der Waals surface area contributed by atoms with Gasteiger partial charge in [-0.05, 0) is 39.2 Å². The van der Waals surface area contributed by atoms with Gasteiger partial charge < -0.3 is 15.4 Å². The molecule has 1 amide bonds. The summed E-state index contributed by atoms with van der Waals surface area (Å²) in [4.78, 5) is 29.2. The second-order valence-electron chi connectivity index (χ2n) is 8.33. The number of β-lactam (4-membered cyclic amide) rings is 1. The molecule has 0 saturated carbocycles. The standard InChI is InChI=1S/C26H23BrN2O3S2/c27-19-13-7-8-14-20(19)34-26(15-29-23(30)21(28)24(29)33-16-26)25(31)32-22(17-9-3-1-4-10-17)18-11-5-2-6-12-18/h1-14,21-22,24H,15-16,28H2/t21-,24-,26?/m1/s1. The Kier molecular flexibility index (Phi) is 6.75. The molecule has 0 aliphatic carbocycles. The molecule has 34 heavy (non-hydrogen) atoms. The Morgan fingerprint density at radius 1 is 1.03 bits per heavy atom. The normalized spacial score (nSPS) is 23.9. The van der Waals surface area contributed by atoms with Crippen LogP contribution in [-0.4, -0.2) is 45.2 Å². The van der Waals surface area contributed by atoms with Crippen LogP contribution in [0.5, 0.6) is 0 Å². The van der Waals surface area contributed by atoms with Gasteiger partial charge in [-0.25, -0.2) is 0 Å². The van der Waals surface area contributed by atoms with E-state index in [2.05, 4.69) is 15.9 Å². The highest BCUT2D eigenvalue weighted by Gasteiger charge is 2.57. The number of hydrogen-bond acceptors (Lipinski definition) is 6. The number of esters is 1. The van der Waals surface area contributed by atoms with Crippen molar-refractivity contribution in [3.05, 3.63) is 101 Å². The molecule has 5 nitrogen and oxygen atoms in total. The molecule has 2 N–H and O–H groups in total. The average Bonchev–Trinajstić information content (AvgIpc) is 2.89. The van der Waals surface area contributed by atoms with Gasteiger partial charge in [-0.15, -0.1) is 23.5 Å². The van der Waals surface area contributed by atoms with Crippen molar-refractivity contribution in [3.63, 3.8) is 0 Å². The predicted octanol–water partition coefficient (Wildman–Crippen LogP) is 4.86. The molecule has 0 spiro atoms. The Bertz CT molecular complexity index is 1160. The average molecular weight is 556 g/mol. The van der Waals surface area contributed by atoms with E-state index in [1.165, 1.54) is 11.8 Å². The molecule has 2 aliphatic rings. The van der Waals surface area contributed by atoms with E-state index in [1.807, 2.05) is 84.9 Å². The van der Waals surface area contributed by atoms with Crippen LogP contribution in [0, 0.1) is 0 Å². The first-order valence-corrected chi connectivity index (χ1v) is 13.6. The summed E-state index contributed by atoms with van der Waals surface area (Å²) in [5.74, 6) is 0.0333. The summed E-state index contributed by atoms with van der Waals surface area (Å²) in [6, 6.07) is 26.7. The van der Waals surface area contributed by atoms with Gasteiger partial charge in [-0.2, -0.15) is 0 Å². The third-order valence-electron chi connectivity index (χ3n) is 6.04. The fraction of sp³-hybridized carbons (Fsp3) is 0.231. The Balaban J connectivity index is 1.50. The van der Waals surface area contributed by atoms with Crippen LogP contribution in [0.1, 0.15) is 17.2 Å². The van der Waals surface area contributed by atoms with Crippen molar-refractivity contribution in [1.82, 2.24) is 4.90 Å². The summed E-state index contributed by atoms with van der Waals surface area (Å²) >= 11 is 6.59. The SMILES string of the molecule is N[C@@H]1C(=O)N2CC(Sc3ccccc3Br)(C(=O)OC(c3ccccc3)c3ccccc3)CS[C@H]12. The lowest BCUT2D eigenvalue weighted by molar-refractivity contribution is -0.154. The molecule has 0 bridgehead atoms. The third-order valence-corrected chi connectivity index (χ3v) is 10.1. The fourth-order valence-electron chi connectivity index (χ4n) is 4.22. The lowest BCUT2D eigenvalue weighted by Gasteiger charge is -2.53. The van der Waals surface area contributed by atoms with Crippen LogP contribution in [0.2, 0.25) is 0 Å². The van der Waals surface area contributed by atoms with Gasteiger partial charge in [0.05, 0.1) is 0 Å². The van der Waals surface area contributed by atoms with Gasteiger partial charge in [0.2, 0.25) is 5.91 Å². The van der Waals surface area contributed by atoms with Crippen LogP contribution < -0.4 is 5.73 Å². The van der Waals surface area contributed by atoms with E-state index in [9.17, 15) is 9.59 Å². The van der Waals surface area contributed by atoms with E-state index >= 15 is 0 Å². The number of halogens is 1. The molecule has 3 aromatic carbocycles. The van der Waals surface area contributed by atoms with Gasteiger partial charge in [0.25, 0.3) is 0 Å². The van der Waals surface area contributed by atoms with Gasteiger partial charge in [0.15, 0.2) is 6.10 Å². The van der Waals surface area contributed by atoms with Crippen LogP contribution in [0.15, 0.2) is 94.3 Å². The number of nitrogens with zero attached hydrogens (tertiary/aromatic N) is 1. The molecule has 0 radical (unpaired) electrons. The molecule has 0 aromatic heterocycles. The molecule has 3 atom stereocenters. The van der Waals surface area contributed by atoms with Crippen molar-refractivity contribution in [2.45, 2.75) is 27.2 Å². The zero-order valence-corrected chi connectivity index (χ0v) is 21.4. The molecular formula is C26H23BrN2O3S2. The van der Waals surface area contributed by atoms with Crippen LogP contribution in [-0.2, 0) is 14.3 Å². The van der Waals surface area contributed by atoms with Crippen LogP contribution in [0.3, 0.4) is 0 Å². The number of fused-ring (bicyclic) bond motifs is 1. The van der Waals surface area contributed by atoms with E-state index in [4.69, 9.17) is 10.5 Å². The van der Waals surface area contributed by atoms with E-state index in [0.29, 0.717) is 5.75 Å². The maximum absolute atomic E-state index is 14.0. The highest BCUT2D eigenvalue weighted by atomic mass is 79.9. The summed E-state index contributed by atoms with van der Waals surface area (Å²) in [6.07, 6.45) is -0.552. The van der Waals surface area contributed by atoms with Crippen molar-refractivity contribution < 1.29 is 14.3 Å². The summed E-state index contributed by atoms with van der Waals surface area (Å²) in [5, 5.41) is -0.0905. The molecule has 2 aliphatic heterocycles. The Morgan fingerprint density at radius 3 is 2.24 bits per heavy atom. The Morgan fingerprint density at radius 2 is 1.62 bits per heavy atom. The number of hydrogen-bond donors (Lipinski definition) is 1. The lowest BCUT2D eigenvalue weighted by atomic mass is 10.00. The van der Waals surface area contributed by atoms with Gasteiger partial charge in [0.1, 0.15) is 16.2 Å². The van der Waals surface area contributed by atoms with Crippen LogP contribution >= 0.6 is 39.5 Å². The maximum Gasteiger partial charge on any atom is 0.326 e. The molecule has 174 valence electrons. The second kappa shape index (κ2) is 9.77. The van der Waals surface area contributed by atoms with Gasteiger partial charge in [-0.3, -0.25) is 9.59 Å². The number of carbonyl (C=O) groups is 2. The smallest absolute Gasteiger partial charge is 0.326 e. The summed E-state index contributed by atoms with van der Waals surface area (Å²) < 4.78 is 6.22. The minimum Gasteiger partial charge on any atom is -0.451 e. The number of rotatable bonds is 6. The first-order chi connectivity index (χ1) is 16.5. The molecule has 2 saturated heterocycles. The second-order valence-corrected chi connectivity index (χ2v) is 11.7. The zero-order chi connectivity index (χ0) is 23.7. The number of nitrogens with two attached hydrogens (primary N) is 1. The summed E-state index contributed by atoms with van der Waals surface area (Å²) in [6.45, 7) is 0.262. The van der Waals surface area contributed by atoms with Crippen molar-refractivity contribution in [3.8, 4) is 0 Å². The Labute approximate surface area is 215 Å². The first-order valence-electron chi connectivity index (χ1n) is 10.9. The maximum atomic E-state index is 14.0. The number of amides is 1. The van der Waals surface area contributed by atoms with E-state index in [1.54, 1.807) is 16.7 Å². The number of benzene rings is 3. The molecule has 2 heterocycles. The first kappa shape index (κ1) is 23.5. The number of carbonyl (C=O) groups excluding carboxylic acids is 2. The molecule has 3 aromatic rings. The molecule has 8 heteroatoms. The summed E-state index contributed by atoms with van der Waals surface area (Å²) in [5.41, 5.74) is 7.80.